The molecule has 0 aliphatic heterocycles. The van der Waals surface area contributed by atoms with E-state index in [4.69, 9.17) is 16.3 Å². The molecular formula is C14H12ClF3N2O. The first kappa shape index (κ1) is 15.4. The summed E-state index contributed by atoms with van der Waals surface area (Å²) in [4.78, 5) is 3.71. The summed E-state index contributed by atoms with van der Waals surface area (Å²) in [6, 6.07) is 8.13. The van der Waals surface area contributed by atoms with E-state index in [-0.39, 0.29) is 10.8 Å². The molecule has 0 unspecified atom stereocenters. The summed E-state index contributed by atoms with van der Waals surface area (Å²) < 4.78 is 42.6. The van der Waals surface area contributed by atoms with Crippen LogP contribution in [0.25, 0.3) is 0 Å². The third kappa shape index (κ3) is 4.01. The van der Waals surface area contributed by atoms with Crippen molar-refractivity contribution in [2.24, 2.45) is 0 Å². The number of hydrogen-bond donors (Lipinski definition) is 1. The smallest absolute Gasteiger partial charge is 0.417 e. The number of methoxy groups -OCH3 is 1. The number of hydrogen-bond acceptors (Lipinski definition) is 3. The first-order chi connectivity index (χ1) is 9.90. The molecule has 0 radical (unpaired) electrons. The Balaban J connectivity index is 2.10. The number of ether oxygens (including phenoxy) is 1. The molecule has 0 amide bonds. The van der Waals surface area contributed by atoms with Crippen molar-refractivity contribution >= 4 is 17.4 Å². The molecule has 1 aromatic heterocycles. The molecule has 21 heavy (non-hydrogen) atoms. The zero-order chi connectivity index (χ0) is 15.5. The predicted molar refractivity (Wildman–Crippen MR) is 74.6 cm³/mol. The third-order valence-electron chi connectivity index (χ3n) is 2.76. The van der Waals surface area contributed by atoms with Gasteiger partial charge in [-0.3, -0.25) is 0 Å². The molecule has 112 valence electrons. The largest absolute Gasteiger partial charge is 0.497 e. The van der Waals surface area contributed by atoms with Gasteiger partial charge in [0.05, 0.1) is 17.7 Å². The average Bonchev–Trinajstić information content (AvgIpc) is 2.45. The summed E-state index contributed by atoms with van der Waals surface area (Å²) in [7, 11) is 1.56. The maximum Gasteiger partial charge on any atom is 0.417 e. The van der Waals surface area contributed by atoms with Crippen LogP contribution in [0.5, 0.6) is 5.75 Å². The van der Waals surface area contributed by atoms with Gasteiger partial charge in [0.1, 0.15) is 11.6 Å². The predicted octanol–water partition coefficient (Wildman–Crippen LogP) is 4.37. The molecule has 1 aromatic carbocycles. The lowest BCUT2D eigenvalue weighted by Crippen LogP contribution is -2.08. The first-order valence-corrected chi connectivity index (χ1v) is 6.37. The van der Waals surface area contributed by atoms with Gasteiger partial charge in [0, 0.05) is 12.7 Å². The highest BCUT2D eigenvalue weighted by Gasteiger charge is 2.31. The number of halogens is 4. The van der Waals surface area contributed by atoms with Gasteiger partial charge in [-0.15, -0.1) is 0 Å². The number of benzene rings is 1. The Morgan fingerprint density at radius 1 is 1.29 bits per heavy atom. The number of anilines is 1. The van der Waals surface area contributed by atoms with Crippen molar-refractivity contribution in [2.45, 2.75) is 12.7 Å². The summed E-state index contributed by atoms with van der Waals surface area (Å²) in [6.45, 7) is 0.370. The highest BCUT2D eigenvalue weighted by atomic mass is 35.5. The lowest BCUT2D eigenvalue weighted by molar-refractivity contribution is -0.137. The van der Waals surface area contributed by atoms with Gasteiger partial charge < -0.3 is 10.1 Å². The zero-order valence-electron chi connectivity index (χ0n) is 11.0. The van der Waals surface area contributed by atoms with Crippen molar-refractivity contribution in [3.63, 3.8) is 0 Å². The van der Waals surface area contributed by atoms with Crippen LogP contribution in [0.3, 0.4) is 0 Å². The maximum absolute atomic E-state index is 12.5. The van der Waals surface area contributed by atoms with Gasteiger partial charge in [0.15, 0.2) is 0 Å². The fourth-order valence-corrected chi connectivity index (χ4v) is 1.92. The van der Waals surface area contributed by atoms with Crippen molar-refractivity contribution < 1.29 is 17.9 Å². The maximum atomic E-state index is 12.5. The van der Waals surface area contributed by atoms with Crippen LogP contribution in [-0.2, 0) is 12.7 Å². The quantitative estimate of drug-likeness (QED) is 0.909. The van der Waals surface area contributed by atoms with Gasteiger partial charge >= 0.3 is 6.18 Å². The average molecular weight is 317 g/mol. The van der Waals surface area contributed by atoms with Gasteiger partial charge in [0.25, 0.3) is 0 Å². The molecule has 0 atom stereocenters. The lowest BCUT2D eigenvalue weighted by atomic mass is 10.2. The van der Waals surface area contributed by atoms with Gasteiger partial charge in [0.2, 0.25) is 0 Å². The molecule has 0 bridgehead atoms. The molecule has 3 nitrogen and oxygen atoms in total. The molecule has 7 heteroatoms. The molecule has 1 heterocycles. The minimum atomic E-state index is -4.46. The number of rotatable bonds is 4. The number of aromatic nitrogens is 1. The number of nitrogens with one attached hydrogen (secondary N) is 1. The van der Waals surface area contributed by atoms with Crippen LogP contribution in [0.1, 0.15) is 11.1 Å². The van der Waals surface area contributed by atoms with E-state index in [0.717, 1.165) is 17.8 Å². The van der Waals surface area contributed by atoms with E-state index < -0.39 is 11.7 Å². The highest BCUT2D eigenvalue weighted by Crippen LogP contribution is 2.32. The molecule has 1 N–H and O–H groups in total. The standard InChI is InChI=1S/C14H12ClF3N2O/c1-21-11-4-2-3-9(5-11)7-19-13-12(15)6-10(8-20-13)14(16,17)18/h2-6,8H,7H2,1H3,(H,19,20). The first-order valence-electron chi connectivity index (χ1n) is 5.99. The Hall–Kier alpha value is -1.95. The molecule has 0 aliphatic carbocycles. The minimum Gasteiger partial charge on any atom is -0.497 e. The molecule has 2 rings (SSSR count). The Morgan fingerprint density at radius 2 is 2.05 bits per heavy atom. The van der Waals surface area contributed by atoms with Crippen molar-refractivity contribution in [1.29, 1.82) is 0 Å². The Kier molecular flexibility index (Phi) is 4.57. The highest BCUT2D eigenvalue weighted by molar-refractivity contribution is 6.32. The second-order valence-electron chi connectivity index (χ2n) is 4.26. The minimum absolute atomic E-state index is 0.0762. The zero-order valence-corrected chi connectivity index (χ0v) is 11.8. The van der Waals surface area contributed by atoms with E-state index in [9.17, 15) is 13.2 Å². The molecular weight excluding hydrogens is 305 g/mol. The summed E-state index contributed by atoms with van der Waals surface area (Å²) in [5.41, 5.74) is 0.0199. The van der Waals surface area contributed by atoms with E-state index in [0.29, 0.717) is 12.3 Å². The Bertz CT molecular complexity index is 632. The van der Waals surface area contributed by atoms with E-state index in [1.54, 1.807) is 13.2 Å². The topological polar surface area (TPSA) is 34.1 Å². The van der Waals surface area contributed by atoms with Crippen LogP contribution in [-0.4, -0.2) is 12.1 Å². The molecule has 0 aliphatic rings. The van der Waals surface area contributed by atoms with Crippen molar-refractivity contribution in [3.8, 4) is 5.75 Å². The third-order valence-corrected chi connectivity index (χ3v) is 3.05. The summed E-state index contributed by atoms with van der Waals surface area (Å²) in [5.74, 6) is 0.897. The molecule has 0 saturated carbocycles. The normalized spacial score (nSPS) is 11.3. The van der Waals surface area contributed by atoms with Crippen LogP contribution in [0.15, 0.2) is 36.5 Å². The van der Waals surface area contributed by atoms with E-state index >= 15 is 0 Å². The fraction of sp³-hybridized carbons (Fsp3) is 0.214. The van der Waals surface area contributed by atoms with Crippen molar-refractivity contribution in [2.75, 3.05) is 12.4 Å². The van der Waals surface area contributed by atoms with E-state index in [1.165, 1.54) is 0 Å². The Labute approximate surface area is 124 Å². The lowest BCUT2D eigenvalue weighted by Gasteiger charge is -2.11. The van der Waals surface area contributed by atoms with Crippen LogP contribution in [0, 0.1) is 0 Å². The fourth-order valence-electron chi connectivity index (χ4n) is 1.69. The molecule has 0 fully saturated rings. The van der Waals surface area contributed by atoms with Gasteiger partial charge in [-0.1, -0.05) is 23.7 Å². The summed E-state index contributed by atoms with van der Waals surface area (Å²) in [6.07, 6.45) is -3.71. The number of pyridine rings is 1. The second-order valence-corrected chi connectivity index (χ2v) is 4.66. The van der Waals surface area contributed by atoms with Crippen LogP contribution < -0.4 is 10.1 Å². The Morgan fingerprint density at radius 3 is 2.67 bits per heavy atom. The van der Waals surface area contributed by atoms with Crippen LogP contribution >= 0.6 is 11.6 Å². The molecule has 0 spiro atoms. The van der Waals surface area contributed by atoms with Gasteiger partial charge in [-0.05, 0) is 23.8 Å². The number of alkyl halides is 3. The molecule has 2 aromatic rings. The summed E-state index contributed by atoms with van der Waals surface area (Å²) in [5, 5.41) is 2.82. The van der Waals surface area contributed by atoms with Crippen LogP contribution in [0.2, 0.25) is 5.02 Å². The van der Waals surface area contributed by atoms with Gasteiger partial charge in [-0.25, -0.2) is 4.98 Å². The van der Waals surface area contributed by atoms with Crippen molar-refractivity contribution in [1.82, 2.24) is 4.98 Å². The van der Waals surface area contributed by atoms with E-state index in [1.807, 2.05) is 18.2 Å². The van der Waals surface area contributed by atoms with Gasteiger partial charge in [-0.2, -0.15) is 13.2 Å². The van der Waals surface area contributed by atoms with E-state index in [2.05, 4.69) is 10.3 Å². The second kappa shape index (κ2) is 6.22. The summed E-state index contributed by atoms with van der Waals surface area (Å²) >= 11 is 5.81. The molecule has 0 saturated heterocycles. The monoisotopic (exact) mass is 316 g/mol. The van der Waals surface area contributed by atoms with Crippen LogP contribution in [0.4, 0.5) is 19.0 Å². The SMILES string of the molecule is COc1cccc(CNc2ncc(C(F)(F)F)cc2Cl)c1. The van der Waals surface area contributed by atoms with Crippen molar-refractivity contribution in [3.05, 3.63) is 52.7 Å². The number of nitrogens with zero attached hydrogens (tertiary/aromatic N) is 1.